The molecule has 1 saturated heterocycles. The zero-order valence-corrected chi connectivity index (χ0v) is 16.0. The zero-order chi connectivity index (χ0) is 19.5. The van der Waals surface area contributed by atoms with E-state index in [0.717, 1.165) is 31.7 Å². The molecule has 0 aliphatic carbocycles. The molecule has 3 heterocycles. The Balaban J connectivity index is 1.43. The lowest BCUT2D eigenvalue weighted by molar-refractivity contribution is 0.164. The van der Waals surface area contributed by atoms with Gasteiger partial charge in [0.25, 0.3) is 0 Å². The highest BCUT2D eigenvalue weighted by atomic mass is 35.5. The average molecular weight is 396 g/mol. The minimum atomic E-state index is -0.0140. The number of hydrogen-bond acceptors (Lipinski definition) is 8. The highest BCUT2D eigenvalue weighted by molar-refractivity contribution is 6.30. The summed E-state index contributed by atoms with van der Waals surface area (Å²) < 4.78 is 5.50. The molecule has 8 nitrogen and oxygen atoms in total. The number of nitrogens with zero attached hydrogens (tertiary/aromatic N) is 7. The molecule has 3 aromatic rings. The number of hydrogen-bond donors (Lipinski definition) is 0. The maximum Gasteiger partial charge on any atom is 0.244 e. The van der Waals surface area contributed by atoms with Crippen LogP contribution in [0.15, 0.2) is 41.2 Å². The molecule has 9 heteroatoms. The molecule has 0 amide bonds. The van der Waals surface area contributed by atoms with E-state index in [1.54, 1.807) is 6.20 Å². The Labute approximate surface area is 167 Å². The van der Waals surface area contributed by atoms with E-state index in [1.165, 1.54) is 6.20 Å². The standard InChI is InChI=1S/C19H18ClN7O/c1-13(19-24-17(25-28-19)14-3-2-4-15(20)11-14)26-7-9-27(10-8-26)18-16(12-21)22-5-6-23-18/h2-6,11,13H,7-10H2,1H3. The highest BCUT2D eigenvalue weighted by Crippen LogP contribution is 2.26. The van der Waals surface area contributed by atoms with E-state index in [1.807, 2.05) is 31.2 Å². The van der Waals surface area contributed by atoms with Crippen LogP contribution in [0.2, 0.25) is 5.02 Å². The van der Waals surface area contributed by atoms with Gasteiger partial charge in [-0.1, -0.05) is 28.9 Å². The molecule has 1 aliphatic rings. The van der Waals surface area contributed by atoms with Gasteiger partial charge in [-0.3, -0.25) is 4.90 Å². The molecule has 0 saturated carbocycles. The number of benzene rings is 1. The predicted octanol–water partition coefficient (Wildman–Crippen LogP) is 2.93. The zero-order valence-electron chi connectivity index (χ0n) is 15.3. The van der Waals surface area contributed by atoms with Crippen molar-refractivity contribution in [2.24, 2.45) is 0 Å². The molecule has 0 N–H and O–H groups in total. The highest BCUT2D eigenvalue weighted by Gasteiger charge is 2.27. The minimum absolute atomic E-state index is 0.0140. The molecule has 1 unspecified atom stereocenters. The van der Waals surface area contributed by atoms with Gasteiger partial charge in [0.2, 0.25) is 11.7 Å². The van der Waals surface area contributed by atoms with Gasteiger partial charge in [-0.05, 0) is 19.1 Å². The normalized spacial score (nSPS) is 16.0. The largest absolute Gasteiger partial charge is 0.352 e. The van der Waals surface area contributed by atoms with Crippen molar-refractivity contribution in [3.63, 3.8) is 0 Å². The molecule has 1 aliphatic heterocycles. The van der Waals surface area contributed by atoms with E-state index < -0.39 is 0 Å². The van der Waals surface area contributed by atoms with E-state index in [4.69, 9.17) is 16.1 Å². The summed E-state index contributed by atoms with van der Waals surface area (Å²) in [5, 5.41) is 14.0. The van der Waals surface area contributed by atoms with Crippen LogP contribution >= 0.6 is 11.6 Å². The number of nitriles is 1. The summed E-state index contributed by atoms with van der Waals surface area (Å²) in [4.78, 5) is 17.3. The summed E-state index contributed by atoms with van der Waals surface area (Å²) in [6.45, 7) is 5.11. The average Bonchev–Trinajstić information content (AvgIpc) is 3.24. The van der Waals surface area contributed by atoms with Gasteiger partial charge >= 0.3 is 0 Å². The summed E-state index contributed by atoms with van der Waals surface area (Å²) in [7, 11) is 0. The van der Waals surface area contributed by atoms with Crippen molar-refractivity contribution in [1.82, 2.24) is 25.0 Å². The third-order valence-electron chi connectivity index (χ3n) is 4.83. The van der Waals surface area contributed by atoms with Crippen LogP contribution in [0.5, 0.6) is 0 Å². The minimum Gasteiger partial charge on any atom is -0.352 e. The van der Waals surface area contributed by atoms with Crippen molar-refractivity contribution >= 4 is 17.4 Å². The number of halogens is 1. The second-order valence-electron chi connectivity index (χ2n) is 6.51. The van der Waals surface area contributed by atoms with Crippen molar-refractivity contribution < 1.29 is 4.52 Å². The number of aromatic nitrogens is 4. The molecular weight excluding hydrogens is 378 g/mol. The lowest BCUT2D eigenvalue weighted by Gasteiger charge is -2.37. The van der Waals surface area contributed by atoms with Crippen molar-refractivity contribution in [3.8, 4) is 17.5 Å². The third-order valence-corrected chi connectivity index (χ3v) is 5.06. The van der Waals surface area contributed by atoms with E-state index in [-0.39, 0.29) is 6.04 Å². The van der Waals surface area contributed by atoms with E-state index >= 15 is 0 Å². The van der Waals surface area contributed by atoms with Crippen molar-refractivity contribution in [2.75, 3.05) is 31.1 Å². The Morgan fingerprint density at radius 1 is 1.18 bits per heavy atom. The van der Waals surface area contributed by atoms with E-state index in [0.29, 0.717) is 28.2 Å². The smallest absolute Gasteiger partial charge is 0.244 e. The Bertz CT molecular complexity index is 1010. The predicted molar refractivity (Wildman–Crippen MR) is 104 cm³/mol. The first-order chi connectivity index (χ1) is 13.7. The SMILES string of the molecule is CC(c1nc(-c2cccc(Cl)c2)no1)N1CCN(c2nccnc2C#N)CC1. The lowest BCUT2D eigenvalue weighted by atomic mass is 10.2. The summed E-state index contributed by atoms with van der Waals surface area (Å²) in [6.07, 6.45) is 3.15. The molecule has 1 fully saturated rings. The fraction of sp³-hybridized carbons (Fsp3) is 0.316. The first-order valence-corrected chi connectivity index (χ1v) is 9.33. The second kappa shape index (κ2) is 7.92. The molecule has 0 bridgehead atoms. The van der Waals surface area contributed by atoms with Gasteiger partial charge in [-0.15, -0.1) is 0 Å². The van der Waals surface area contributed by atoms with Crippen LogP contribution in [0.4, 0.5) is 5.82 Å². The summed E-state index contributed by atoms with van der Waals surface area (Å²) in [6, 6.07) is 9.47. The molecule has 4 rings (SSSR count). The first kappa shape index (κ1) is 18.3. The maximum atomic E-state index is 9.23. The molecular formula is C19H18ClN7O. The van der Waals surface area contributed by atoms with Crippen LogP contribution in [-0.4, -0.2) is 51.2 Å². The second-order valence-corrected chi connectivity index (χ2v) is 6.94. The van der Waals surface area contributed by atoms with Crippen molar-refractivity contribution in [2.45, 2.75) is 13.0 Å². The van der Waals surface area contributed by atoms with Crippen molar-refractivity contribution in [1.29, 1.82) is 5.26 Å². The summed E-state index contributed by atoms with van der Waals surface area (Å²) in [5.74, 6) is 1.74. The lowest BCUT2D eigenvalue weighted by Crippen LogP contribution is -2.47. The van der Waals surface area contributed by atoms with E-state index in [2.05, 4.69) is 36.0 Å². The quantitative estimate of drug-likeness (QED) is 0.665. The fourth-order valence-electron chi connectivity index (χ4n) is 3.27. The molecule has 1 aromatic carbocycles. The molecule has 1 atom stereocenters. The van der Waals surface area contributed by atoms with Crippen LogP contribution in [0.3, 0.4) is 0 Å². The van der Waals surface area contributed by atoms with Gasteiger partial charge in [0.1, 0.15) is 6.07 Å². The first-order valence-electron chi connectivity index (χ1n) is 8.95. The maximum absolute atomic E-state index is 9.23. The number of rotatable bonds is 4. The van der Waals surface area contributed by atoms with Gasteiger partial charge in [-0.2, -0.15) is 10.2 Å². The number of anilines is 1. The Kier molecular flexibility index (Phi) is 5.19. The van der Waals surface area contributed by atoms with Crippen LogP contribution in [0.25, 0.3) is 11.4 Å². The Morgan fingerprint density at radius 3 is 2.71 bits per heavy atom. The molecule has 0 spiro atoms. The Hall–Kier alpha value is -3.02. The Morgan fingerprint density at radius 2 is 1.96 bits per heavy atom. The van der Waals surface area contributed by atoms with Crippen LogP contribution in [-0.2, 0) is 0 Å². The molecule has 28 heavy (non-hydrogen) atoms. The summed E-state index contributed by atoms with van der Waals surface area (Å²) in [5.41, 5.74) is 1.18. The summed E-state index contributed by atoms with van der Waals surface area (Å²) >= 11 is 6.04. The van der Waals surface area contributed by atoms with Crippen LogP contribution in [0.1, 0.15) is 24.6 Å². The van der Waals surface area contributed by atoms with Crippen molar-refractivity contribution in [3.05, 3.63) is 53.3 Å². The van der Waals surface area contributed by atoms with Gasteiger partial charge in [0, 0.05) is 49.2 Å². The van der Waals surface area contributed by atoms with Gasteiger partial charge in [0.15, 0.2) is 11.5 Å². The molecule has 142 valence electrons. The van der Waals surface area contributed by atoms with Crippen LogP contribution < -0.4 is 4.90 Å². The molecule has 2 aromatic heterocycles. The van der Waals surface area contributed by atoms with E-state index in [9.17, 15) is 5.26 Å². The van der Waals surface area contributed by atoms with Gasteiger partial charge in [-0.25, -0.2) is 9.97 Å². The molecule has 0 radical (unpaired) electrons. The number of piperazine rings is 1. The third kappa shape index (κ3) is 3.67. The van der Waals surface area contributed by atoms with Gasteiger partial charge in [0.05, 0.1) is 6.04 Å². The fourth-order valence-corrected chi connectivity index (χ4v) is 3.46. The topological polar surface area (TPSA) is 95.0 Å². The van der Waals surface area contributed by atoms with Gasteiger partial charge < -0.3 is 9.42 Å². The van der Waals surface area contributed by atoms with Crippen LogP contribution in [0, 0.1) is 11.3 Å². The monoisotopic (exact) mass is 395 g/mol.